The van der Waals surface area contributed by atoms with Gasteiger partial charge in [-0.2, -0.15) is 4.98 Å². The summed E-state index contributed by atoms with van der Waals surface area (Å²) in [6.45, 7) is 1.58. The first-order valence-corrected chi connectivity index (χ1v) is 16.6. The van der Waals surface area contributed by atoms with Gasteiger partial charge in [-0.15, -0.1) is 0 Å². The summed E-state index contributed by atoms with van der Waals surface area (Å²) in [6, 6.07) is 19.2. The van der Waals surface area contributed by atoms with Crippen LogP contribution in [0.1, 0.15) is 15.9 Å². The van der Waals surface area contributed by atoms with Gasteiger partial charge in [0.1, 0.15) is 17.0 Å². The van der Waals surface area contributed by atoms with E-state index in [9.17, 15) is 23.6 Å². The molecule has 1 aliphatic heterocycles. The van der Waals surface area contributed by atoms with Crippen LogP contribution in [0.3, 0.4) is 0 Å². The molecule has 0 bridgehead atoms. The number of anilines is 3. The number of hydrogen-bond acceptors (Lipinski definition) is 9. The van der Waals surface area contributed by atoms with Crippen LogP contribution in [-0.4, -0.2) is 70.9 Å². The molecule has 1 amide bonds. The van der Waals surface area contributed by atoms with E-state index in [1.54, 1.807) is 41.2 Å². The number of rotatable bonds is 7. The van der Waals surface area contributed by atoms with Gasteiger partial charge in [0.25, 0.3) is 17.0 Å². The van der Waals surface area contributed by atoms with Crippen LogP contribution in [0.5, 0.6) is 0 Å². The second-order valence-electron chi connectivity index (χ2n) is 12.5. The maximum absolute atomic E-state index is 15.0. The third-order valence-corrected chi connectivity index (χ3v) is 9.33. The van der Waals surface area contributed by atoms with Crippen LogP contribution >= 0.6 is 0 Å². The normalized spacial score (nSPS) is 13.2. The predicted octanol–water partition coefficient (Wildman–Crippen LogP) is 3.55. The van der Waals surface area contributed by atoms with Crippen LogP contribution in [0, 0.1) is 11.6 Å². The number of aromatic nitrogens is 7. The smallest absolute Gasteiger partial charge is 0.329 e. The van der Waals surface area contributed by atoms with Crippen molar-refractivity contribution in [2.45, 2.75) is 6.54 Å². The molecule has 7 aromatic rings. The van der Waals surface area contributed by atoms with Gasteiger partial charge >= 0.3 is 5.69 Å². The Morgan fingerprint density at radius 3 is 2.40 bits per heavy atom. The maximum Gasteiger partial charge on any atom is 0.329 e. The average molecular weight is 717 g/mol. The van der Waals surface area contributed by atoms with Crippen LogP contribution in [0.15, 0.2) is 106 Å². The van der Waals surface area contributed by atoms with Crippen LogP contribution < -0.4 is 27.0 Å². The number of fused-ring (bicyclic) bond motifs is 2. The van der Waals surface area contributed by atoms with E-state index in [-0.39, 0.29) is 28.6 Å². The summed E-state index contributed by atoms with van der Waals surface area (Å²) in [5.74, 6) is -1.65. The predicted molar refractivity (Wildman–Crippen MR) is 194 cm³/mol. The van der Waals surface area contributed by atoms with E-state index in [2.05, 4.69) is 30.2 Å². The summed E-state index contributed by atoms with van der Waals surface area (Å²) in [5.41, 5.74) is 1.40. The SMILES string of the molecule is Cn1c(=O)c2cnc(Nc3ccc(N4CCN(C(=O)c5cc(Cn6c(=O)[nH]c(=O)c7c(F)cccc76)ccc5F)CC4)cc3)nc2n1-c1ccncc1. The molecule has 1 saturated heterocycles. The lowest BCUT2D eigenvalue weighted by Gasteiger charge is -2.36. The second-order valence-corrected chi connectivity index (χ2v) is 12.5. The number of piperazine rings is 1. The van der Waals surface area contributed by atoms with E-state index in [1.807, 2.05) is 24.3 Å². The van der Waals surface area contributed by atoms with Crippen LogP contribution in [-0.2, 0) is 13.6 Å². The van der Waals surface area contributed by atoms with Crippen LogP contribution in [0.25, 0.3) is 27.6 Å². The van der Waals surface area contributed by atoms with Gasteiger partial charge in [0.15, 0.2) is 5.65 Å². The van der Waals surface area contributed by atoms with Crippen molar-refractivity contribution >= 4 is 45.2 Å². The Kier molecular flexibility index (Phi) is 8.33. The van der Waals surface area contributed by atoms with Crippen molar-refractivity contribution in [3.63, 3.8) is 0 Å². The van der Waals surface area contributed by atoms with Gasteiger partial charge in [-0.3, -0.25) is 28.9 Å². The topological polar surface area (TPSA) is 156 Å². The molecule has 3 aromatic carbocycles. The van der Waals surface area contributed by atoms with Gasteiger partial charge in [-0.25, -0.2) is 27.9 Å². The van der Waals surface area contributed by atoms with Gasteiger partial charge in [0, 0.05) is 63.2 Å². The Hall–Kier alpha value is -6.97. The number of aromatic amines is 1. The molecule has 0 atom stereocenters. The zero-order valence-corrected chi connectivity index (χ0v) is 28.2. The Labute approximate surface area is 298 Å². The largest absolute Gasteiger partial charge is 0.368 e. The summed E-state index contributed by atoms with van der Waals surface area (Å²) < 4.78 is 33.8. The van der Waals surface area contributed by atoms with E-state index in [4.69, 9.17) is 0 Å². The van der Waals surface area contributed by atoms with Gasteiger partial charge in [-0.05, 0) is 66.2 Å². The lowest BCUT2D eigenvalue weighted by molar-refractivity contribution is 0.0742. The first-order chi connectivity index (χ1) is 25.7. The van der Waals surface area contributed by atoms with E-state index < -0.39 is 28.8 Å². The molecule has 5 heterocycles. The summed E-state index contributed by atoms with van der Waals surface area (Å²) in [5, 5.41) is 3.32. The number of carbonyl (C=O) groups is 1. The number of H-pyrrole nitrogens is 1. The fourth-order valence-electron chi connectivity index (χ4n) is 6.63. The molecule has 0 saturated carbocycles. The molecule has 16 heteroatoms. The number of hydrogen-bond donors (Lipinski definition) is 2. The molecule has 1 aliphatic rings. The maximum atomic E-state index is 15.0. The van der Waals surface area contributed by atoms with Crippen molar-refractivity contribution in [2.75, 3.05) is 36.4 Å². The number of nitrogens with zero attached hydrogens (tertiary/aromatic N) is 8. The first kappa shape index (κ1) is 33.2. The van der Waals surface area contributed by atoms with Crippen molar-refractivity contribution in [3.05, 3.63) is 145 Å². The molecular formula is C37H30F2N10O4. The number of pyridine rings is 1. The van der Waals surface area contributed by atoms with Crippen molar-refractivity contribution < 1.29 is 13.6 Å². The number of carbonyl (C=O) groups excluding carboxylic acids is 1. The molecule has 0 radical (unpaired) electrons. The third-order valence-electron chi connectivity index (χ3n) is 9.33. The minimum Gasteiger partial charge on any atom is -0.368 e. The Bertz CT molecular complexity index is 2720. The number of amides is 1. The fourth-order valence-corrected chi connectivity index (χ4v) is 6.63. The minimum atomic E-state index is -0.840. The van der Waals surface area contributed by atoms with Crippen molar-refractivity contribution in [1.82, 2.24) is 38.8 Å². The molecule has 266 valence electrons. The fraction of sp³-hybridized carbons (Fsp3) is 0.162. The lowest BCUT2D eigenvalue weighted by atomic mass is 10.1. The van der Waals surface area contributed by atoms with Gasteiger partial charge < -0.3 is 15.1 Å². The lowest BCUT2D eigenvalue weighted by Crippen LogP contribution is -2.49. The molecule has 53 heavy (non-hydrogen) atoms. The highest BCUT2D eigenvalue weighted by Gasteiger charge is 2.25. The summed E-state index contributed by atoms with van der Waals surface area (Å²) >= 11 is 0. The zero-order valence-electron chi connectivity index (χ0n) is 28.2. The summed E-state index contributed by atoms with van der Waals surface area (Å²) in [4.78, 5) is 70.1. The molecule has 0 spiro atoms. The quantitative estimate of drug-likeness (QED) is 0.252. The minimum absolute atomic E-state index is 0.0893. The highest BCUT2D eigenvalue weighted by Crippen LogP contribution is 2.24. The molecule has 0 unspecified atom stereocenters. The summed E-state index contributed by atoms with van der Waals surface area (Å²) in [7, 11) is 1.66. The van der Waals surface area contributed by atoms with Gasteiger partial charge in [0.2, 0.25) is 5.95 Å². The molecule has 2 N–H and O–H groups in total. The van der Waals surface area contributed by atoms with Crippen LogP contribution in [0.4, 0.5) is 26.1 Å². The first-order valence-electron chi connectivity index (χ1n) is 16.6. The monoisotopic (exact) mass is 716 g/mol. The Morgan fingerprint density at radius 2 is 1.64 bits per heavy atom. The zero-order chi connectivity index (χ0) is 36.8. The van der Waals surface area contributed by atoms with Crippen LogP contribution in [0.2, 0.25) is 0 Å². The molecule has 1 fully saturated rings. The van der Waals surface area contributed by atoms with Gasteiger partial charge in [0.05, 0.1) is 28.7 Å². The number of benzene rings is 3. The molecule has 4 aromatic heterocycles. The van der Waals surface area contributed by atoms with Gasteiger partial charge in [-0.1, -0.05) is 12.1 Å². The standard InChI is InChI=1S/C37H30F2N10O4/c1-45-34(51)27-20-41-36(43-32(27)49(45)25-11-13-40-14-12-25)42-23-6-8-24(9-7-23)46-15-17-47(18-16-46)35(52)26-19-22(5-10-28(26)38)21-48-30-4-2-3-29(39)31(30)33(50)44-37(48)53/h2-14,19-20H,15-18,21H2,1H3,(H,41,42,43)(H,44,50,53). The average Bonchev–Trinajstić information content (AvgIpc) is 3.42. The molecule has 0 aliphatic carbocycles. The molecule has 14 nitrogen and oxygen atoms in total. The van der Waals surface area contributed by atoms with Crippen molar-refractivity contribution in [2.24, 2.45) is 7.05 Å². The molecular weight excluding hydrogens is 686 g/mol. The molecule has 8 rings (SSSR count). The number of nitrogens with one attached hydrogen (secondary N) is 2. The van der Waals surface area contributed by atoms with E-state index in [1.165, 1.54) is 39.7 Å². The number of halogens is 2. The van der Waals surface area contributed by atoms with E-state index >= 15 is 4.39 Å². The summed E-state index contributed by atoms with van der Waals surface area (Å²) in [6.07, 6.45) is 4.78. The highest BCUT2D eigenvalue weighted by molar-refractivity contribution is 5.95. The van der Waals surface area contributed by atoms with E-state index in [0.717, 1.165) is 29.2 Å². The third kappa shape index (κ3) is 6.09. The van der Waals surface area contributed by atoms with Crippen molar-refractivity contribution in [1.29, 1.82) is 0 Å². The van der Waals surface area contributed by atoms with Crippen molar-refractivity contribution in [3.8, 4) is 5.69 Å². The Balaban J connectivity index is 0.939. The van der Waals surface area contributed by atoms with E-state index in [0.29, 0.717) is 48.7 Å². The Morgan fingerprint density at radius 1 is 0.887 bits per heavy atom. The highest BCUT2D eigenvalue weighted by atomic mass is 19.1. The second kappa shape index (κ2) is 13.3.